The Bertz CT molecular complexity index is 342. The van der Waals surface area contributed by atoms with Gasteiger partial charge in [0.05, 0.1) is 18.7 Å². The maximum absolute atomic E-state index is 11.0. The van der Waals surface area contributed by atoms with Gasteiger partial charge in [-0.25, -0.2) is 4.79 Å². The summed E-state index contributed by atoms with van der Waals surface area (Å²) in [5.41, 5.74) is 5.19. The van der Waals surface area contributed by atoms with Gasteiger partial charge in [0.25, 0.3) is 0 Å². The van der Waals surface area contributed by atoms with Crippen LogP contribution in [0.15, 0.2) is 23.5 Å². The molecule has 0 aliphatic heterocycles. The summed E-state index contributed by atoms with van der Waals surface area (Å²) in [7, 11) is 3.02. The van der Waals surface area contributed by atoms with Gasteiger partial charge < -0.3 is 20.3 Å². The van der Waals surface area contributed by atoms with Crippen LogP contribution < -0.4 is 5.73 Å². The lowest BCUT2D eigenvalue weighted by molar-refractivity contribution is -0.134. The van der Waals surface area contributed by atoms with E-state index in [4.69, 9.17) is 20.3 Å². The van der Waals surface area contributed by atoms with Gasteiger partial charge in [-0.3, -0.25) is 0 Å². The van der Waals surface area contributed by atoms with Crippen molar-refractivity contribution < 1.29 is 19.4 Å². The van der Waals surface area contributed by atoms with E-state index < -0.39 is 17.6 Å². The number of rotatable bonds is 4. The molecule has 1 rings (SSSR count). The van der Waals surface area contributed by atoms with Crippen molar-refractivity contribution in [3.05, 3.63) is 23.5 Å². The standard InChI is InChI=1S/C11H17NO4/c1-4-11(16-3)8(15-2)6-5-7(9(11)12)10(13)14/h5-6,9H,4,12H2,1-3H3,(H,13,14). The summed E-state index contributed by atoms with van der Waals surface area (Å²) in [5.74, 6) is -0.483. The summed E-state index contributed by atoms with van der Waals surface area (Å²) in [4.78, 5) is 11.0. The molecule has 0 saturated carbocycles. The van der Waals surface area contributed by atoms with Crippen LogP contribution in [-0.4, -0.2) is 36.9 Å². The Kier molecular flexibility index (Phi) is 3.72. The minimum atomic E-state index is -1.03. The zero-order valence-corrected chi connectivity index (χ0v) is 9.69. The fraction of sp³-hybridized carbons (Fsp3) is 0.545. The molecular weight excluding hydrogens is 210 g/mol. The normalized spacial score (nSPS) is 29.4. The van der Waals surface area contributed by atoms with E-state index in [2.05, 4.69) is 0 Å². The molecule has 2 unspecified atom stereocenters. The van der Waals surface area contributed by atoms with E-state index in [1.165, 1.54) is 20.3 Å². The van der Waals surface area contributed by atoms with Crippen molar-refractivity contribution in [2.75, 3.05) is 14.2 Å². The lowest BCUT2D eigenvalue weighted by atomic mass is 9.81. The number of hydrogen-bond donors (Lipinski definition) is 2. The predicted octanol–water partition coefficient (Wildman–Crippen LogP) is 0.664. The SMILES string of the molecule is CCC1(OC)C(OC)=CC=C(C(=O)O)C1N. The van der Waals surface area contributed by atoms with E-state index in [1.807, 2.05) is 6.92 Å². The number of allylic oxidation sites excluding steroid dienone is 2. The molecular formula is C11H17NO4. The van der Waals surface area contributed by atoms with Gasteiger partial charge in [0, 0.05) is 7.11 Å². The van der Waals surface area contributed by atoms with Gasteiger partial charge in [-0.2, -0.15) is 0 Å². The van der Waals surface area contributed by atoms with Crippen LogP contribution in [0, 0.1) is 0 Å². The fourth-order valence-electron chi connectivity index (χ4n) is 2.03. The molecule has 1 aliphatic rings. The average Bonchev–Trinajstić information content (AvgIpc) is 2.28. The van der Waals surface area contributed by atoms with Crippen molar-refractivity contribution in [3.8, 4) is 0 Å². The highest BCUT2D eigenvalue weighted by Gasteiger charge is 2.45. The fourth-order valence-corrected chi connectivity index (χ4v) is 2.03. The van der Waals surface area contributed by atoms with Crippen LogP contribution in [0.25, 0.3) is 0 Å². The largest absolute Gasteiger partial charge is 0.498 e. The molecule has 2 atom stereocenters. The minimum Gasteiger partial charge on any atom is -0.498 e. The first-order valence-electron chi connectivity index (χ1n) is 5.03. The number of hydrogen-bond acceptors (Lipinski definition) is 4. The predicted molar refractivity (Wildman–Crippen MR) is 58.8 cm³/mol. The van der Waals surface area contributed by atoms with E-state index in [0.717, 1.165) is 0 Å². The molecule has 0 aromatic carbocycles. The summed E-state index contributed by atoms with van der Waals surface area (Å²) in [6.45, 7) is 1.88. The summed E-state index contributed by atoms with van der Waals surface area (Å²) in [6, 6.07) is -0.736. The van der Waals surface area contributed by atoms with E-state index in [9.17, 15) is 4.79 Å². The number of carboxylic acids is 1. The Hall–Kier alpha value is -1.33. The Morgan fingerprint density at radius 1 is 1.56 bits per heavy atom. The highest BCUT2D eigenvalue weighted by atomic mass is 16.5. The Morgan fingerprint density at radius 2 is 2.19 bits per heavy atom. The van der Waals surface area contributed by atoms with E-state index in [-0.39, 0.29) is 5.57 Å². The Labute approximate surface area is 94.5 Å². The molecule has 90 valence electrons. The molecule has 0 heterocycles. The monoisotopic (exact) mass is 227 g/mol. The van der Waals surface area contributed by atoms with Gasteiger partial charge in [-0.05, 0) is 18.6 Å². The molecule has 5 nitrogen and oxygen atoms in total. The summed E-state index contributed by atoms with van der Waals surface area (Å²) in [6.07, 6.45) is 3.59. The Morgan fingerprint density at radius 3 is 2.56 bits per heavy atom. The maximum Gasteiger partial charge on any atom is 0.333 e. The molecule has 0 spiro atoms. The number of nitrogens with two attached hydrogens (primary N) is 1. The van der Waals surface area contributed by atoms with E-state index >= 15 is 0 Å². The quantitative estimate of drug-likeness (QED) is 0.737. The molecule has 5 heteroatoms. The third kappa shape index (κ3) is 1.72. The number of aliphatic carboxylic acids is 1. The zero-order chi connectivity index (χ0) is 12.3. The molecule has 0 saturated heterocycles. The van der Waals surface area contributed by atoms with Crippen molar-refractivity contribution >= 4 is 5.97 Å². The van der Waals surface area contributed by atoms with Crippen molar-refractivity contribution in [3.63, 3.8) is 0 Å². The summed E-state index contributed by atoms with van der Waals surface area (Å²) in [5, 5.41) is 9.02. The smallest absolute Gasteiger partial charge is 0.333 e. The van der Waals surface area contributed by atoms with Crippen LogP contribution in [0.2, 0.25) is 0 Å². The van der Waals surface area contributed by atoms with Gasteiger partial charge in [0.2, 0.25) is 0 Å². The van der Waals surface area contributed by atoms with Crippen LogP contribution in [0.4, 0.5) is 0 Å². The lowest BCUT2D eigenvalue weighted by Gasteiger charge is -2.39. The molecule has 0 amide bonds. The van der Waals surface area contributed by atoms with Gasteiger partial charge in [0.1, 0.15) is 11.4 Å². The molecule has 0 fully saturated rings. The van der Waals surface area contributed by atoms with Crippen molar-refractivity contribution in [1.82, 2.24) is 0 Å². The first-order valence-corrected chi connectivity index (χ1v) is 5.03. The van der Waals surface area contributed by atoms with Crippen molar-refractivity contribution in [2.24, 2.45) is 5.73 Å². The highest BCUT2D eigenvalue weighted by molar-refractivity contribution is 5.89. The van der Waals surface area contributed by atoms with Gasteiger partial charge in [-0.15, -0.1) is 0 Å². The van der Waals surface area contributed by atoms with Gasteiger partial charge in [-0.1, -0.05) is 6.92 Å². The second-order valence-electron chi connectivity index (χ2n) is 3.59. The average molecular weight is 227 g/mol. The second-order valence-corrected chi connectivity index (χ2v) is 3.59. The van der Waals surface area contributed by atoms with Crippen LogP contribution in [-0.2, 0) is 14.3 Å². The number of carbonyl (C=O) groups is 1. The van der Waals surface area contributed by atoms with E-state index in [0.29, 0.717) is 12.2 Å². The van der Waals surface area contributed by atoms with E-state index in [1.54, 1.807) is 6.08 Å². The van der Waals surface area contributed by atoms with Crippen molar-refractivity contribution in [1.29, 1.82) is 0 Å². The molecule has 0 aromatic rings. The molecule has 0 bridgehead atoms. The first-order chi connectivity index (χ1) is 7.53. The van der Waals surface area contributed by atoms with Gasteiger partial charge >= 0.3 is 5.97 Å². The molecule has 1 aliphatic carbocycles. The van der Waals surface area contributed by atoms with Crippen LogP contribution in [0.1, 0.15) is 13.3 Å². The highest BCUT2D eigenvalue weighted by Crippen LogP contribution is 2.35. The number of methoxy groups -OCH3 is 2. The van der Waals surface area contributed by atoms with Crippen molar-refractivity contribution in [2.45, 2.75) is 25.0 Å². The third-order valence-electron chi connectivity index (χ3n) is 3.03. The van der Waals surface area contributed by atoms with Crippen LogP contribution in [0.5, 0.6) is 0 Å². The summed E-state index contributed by atoms with van der Waals surface area (Å²) < 4.78 is 10.6. The molecule has 3 N–H and O–H groups in total. The second kappa shape index (κ2) is 4.67. The topological polar surface area (TPSA) is 81.8 Å². The van der Waals surface area contributed by atoms with Gasteiger partial charge in [0.15, 0.2) is 0 Å². The summed E-state index contributed by atoms with van der Waals surface area (Å²) >= 11 is 0. The molecule has 0 radical (unpaired) electrons. The number of carboxylic acid groups (broad SMARTS) is 1. The first kappa shape index (κ1) is 12.7. The Balaban J connectivity index is 3.24. The lowest BCUT2D eigenvalue weighted by Crippen LogP contribution is -2.54. The molecule has 0 aromatic heterocycles. The third-order valence-corrected chi connectivity index (χ3v) is 3.03. The van der Waals surface area contributed by atoms with Crippen LogP contribution in [0.3, 0.4) is 0 Å². The maximum atomic E-state index is 11.0. The number of ether oxygens (including phenoxy) is 2. The minimum absolute atomic E-state index is 0.129. The molecule has 16 heavy (non-hydrogen) atoms. The van der Waals surface area contributed by atoms with Crippen LogP contribution >= 0.6 is 0 Å². The zero-order valence-electron chi connectivity index (χ0n) is 9.69.